The fourth-order valence-corrected chi connectivity index (χ4v) is 2.56. The van der Waals surface area contributed by atoms with Gasteiger partial charge >= 0.3 is 0 Å². The van der Waals surface area contributed by atoms with Crippen molar-refractivity contribution in [1.29, 1.82) is 0 Å². The van der Waals surface area contributed by atoms with E-state index in [-0.39, 0.29) is 6.61 Å². The van der Waals surface area contributed by atoms with Crippen LogP contribution in [-0.4, -0.2) is 29.3 Å². The van der Waals surface area contributed by atoms with Crippen molar-refractivity contribution in [3.63, 3.8) is 0 Å². The summed E-state index contributed by atoms with van der Waals surface area (Å²) in [5, 5.41) is 9.17. The molecule has 0 spiro atoms. The molecule has 0 unspecified atom stereocenters. The molecule has 1 fully saturated rings. The topological polar surface area (TPSA) is 36.4 Å². The van der Waals surface area contributed by atoms with Gasteiger partial charge in [0.15, 0.2) is 0 Å². The minimum atomic E-state index is 0.220. The van der Waals surface area contributed by atoms with Gasteiger partial charge in [0, 0.05) is 30.2 Å². The monoisotopic (exact) mass is 220 g/mol. The number of anilines is 1. The summed E-state index contributed by atoms with van der Waals surface area (Å²) >= 11 is 0. The molecule has 0 bridgehead atoms. The standard InChI is InChI=1S/C13H20N2O/c1-11-10-13(6-7-14-11)15(8-9-16)12-4-2-3-5-12/h6-7,10,12,16H,2-5,8-9H2,1H3. The van der Waals surface area contributed by atoms with Gasteiger partial charge in [-0.25, -0.2) is 0 Å². The van der Waals surface area contributed by atoms with E-state index in [4.69, 9.17) is 0 Å². The maximum atomic E-state index is 9.17. The molecule has 0 aliphatic heterocycles. The molecule has 1 aliphatic rings. The second-order valence-corrected chi connectivity index (χ2v) is 4.51. The first-order chi connectivity index (χ1) is 7.81. The predicted octanol–water partition coefficient (Wildman–Crippen LogP) is 2.13. The molecule has 3 heteroatoms. The van der Waals surface area contributed by atoms with E-state index in [0.717, 1.165) is 12.2 Å². The van der Waals surface area contributed by atoms with E-state index < -0.39 is 0 Å². The molecule has 2 rings (SSSR count). The lowest BCUT2D eigenvalue weighted by atomic mass is 10.2. The molecule has 3 nitrogen and oxygen atoms in total. The Morgan fingerprint density at radius 2 is 2.19 bits per heavy atom. The van der Waals surface area contributed by atoms with E-state index >= 15 is 0 Å². The zero-order valence-electron chi connectivity index (χ0n) is 9.89. The number of aryl methyl sites for hydroxylation is 1. The van der Waals surface area contributed by atoms with Crippen molar-refractivity contribution in [3.05, 3.63) is 24.0 Å². The highest BCUT2D eigenvalue weighted by Gasteiger charge is 2.22. The quantitative estimate of drug-likeness (QED) is 0.844. The van der Waals surface area contributed by atoms with Crippen molar-refractivity contribution in [2.45, 2.75) is 38.6 Å². The van der Waals surface area contributed by atoms with Gasteiger partial charge in [0.1, 0.15) is 0 Å². The smallest absolute Gasteiger partial charge is 0.0606 e. The normalized spacial score (nSPS) is 16.6. The second-order valence-electron chi connectivity index (χ2n) is 4.51. The van der Waals surface area contributed by atoms with Crippen molar-refractivity contribution in [3.8, 4) is 0 Å². The van der Waals surface area contributed by atoms with Gasteiger partial charge < -0.3 is 10.0 Å². The van der Waals surface area contributed by atoms with Crippen LogP contribution >= 0.6 is 0 Å². The van der Waals surface area contributed by atoms with Gasteiger partial charge in [-0.2, -0.15) is 0 Å². The van der Waals surface area contributed by atoms with E-state index in [9.17, 15) is 5.11 Å². The number of nitrogens with zero attached hydrogens (tertiary/aromatic N) is 2. The largest absolute Gasteiger partial charge is 0.395 e. The lowest BCUT2D eigenvalue weighted by molar-refractivity contribution is 0.297. The summed E-state index contributed by atoms with van der Waals surface area (Å²) < 4.78 is 0. The number of aliphatic hydroxyl groups excluding tert-OH is 1. The number of hydrogen-bond acceptors (Lipinski definition) is 3. The van der Waals surface area contributed by atoms with Gasteiger partial charge in [-0.05, 0) is 31.9 Å². The van der Waals surface area contributed by atoms with E-state index in [1.165, 1.54) is 31.4 Å². The molecule has 0 amide bonds. The summed E-state index contributed by atoms with van der Waals surface area (Å²) in [5.41, 5.74) is 2.24. The predicted molar refractivity (Wildman–Crippen MR) is 65.7 cm³/mol. The molecule has 1 aromatic rings. The molecule has 0 radical (unpaired) electrons. The molecule has 1 aliphatic carbocycles. The molecule has 0 saturated heterocycles. The minimum absolute atomic E-state index is 0.220. The second kappa shape index (κ2) is 5.30. The number of rotatable bonds is 4. The molecule has 88 valence electrons. The van der Waals surface area contributed by atoms with Crippen LogP contribution in [0.1, 0.15) is 31.4 Å². The van der Waals surface area contributed by atoms with E-state index in [0.29, 0.717) is 6.04 Å². The third kappa shape index (κ3) is 2.53. The van der Waals surface area contributed by atoms with Crippen molar-refractivity contribution < 1.29 is 5.11 Å². The molecule has 16 heavy (non-hydrogen) atoms. The number of aliphatic hydroxyl groups is 1. The highest BCUT2D eigenvalue weighted by Crippen LogP contribution is 2.27. The maximum absolute atomic E-state index is 9.17. The van der Waals surface area contributed by atoms with Gasteiger partial charge in [-0.15, -0.1) is 0 Å². The van der Waals surface area contributed by atoms with Gasteiger partial charge in [0.05, 0.1) is 6.61 Å². The van der Waals surface area contributed by atoms with Crippen molar-refractivity contribution in [1.82, 2.24) is 4.98 Å². The summed E-state index contributed by atoms with van der Waals surface area (Å²) in [7, 11) is 0. The average Bonchev–Trinajstić information content (AvgIpc) is 2.79. The Morgan fingerprint density at radius 3 is 2.81 bits per heavy atom. The fourth-order valence-electron chi connectivity index (χ4n) is 2.56. The van der Waals surface area contributed by atoms with Crippen LogP contribution in [0.3, 0.4) is 0 Å². The molecule has 1 heterocycles. The van der Waals surface area contributed by atoms with Crippen LogP contribution in [0.15, 0.2) is 18.3 Å². The lowest BCUT2D eigenvalue weighted by Crippen LogP contribution is -2.35. The summed E-state index contributed by atoms with van der Waals surface area (Å²) in [6.07, 6.45) is 6.99. The van der Waals surface area contributed by atoms with Crippen LogP contribution in [-0.2, 0) is 0 Å². The van der Waals surface area contributed by atoms with Crippen molar-refractivity contribution in [2.75, 3.05) is 18.1 Å². The Morgan fingerprint density at radius 1 is 1.44 bits per heavy atom. The van der Waals surface area contributed by atoms with Gasteiger partial charge in [0.25, 0.3) is 0 Å². The van der Waals surface area contributed by atoms with Gasteiger partial charge in [-0.1, -0.05) is 12.8 Å². The zero-order chi connectivity index (χ0) is 11.4. The van der Waals surface area contributed by atoms with E-state index in [1.807, 2.05) is 19.2 Å². The SMILES string of the molecule is Cc1cc(N(CCO)C2CCCC2)ccn1. The molecule has 1 N–H and O–H groups in total. The first kappa shape index (κ1) is 11.4. The molecule has 0 atom stereocenters. The fraction of sp³-hybridized carbons (Fsp3) is 0.615. The lowest BCUT2D eigenvalue weighted by Gasteiger charge is -2.30. The summed E-state index contributed by atoms with van der Waals surface area (Å²) in [4.78, 5) is 6.55. The minimum Gasteiger partial charge on any atom is -0.395 e. The Balaban J connectivity index is 2.17. The Labute approximate surface area is 97.1 Å². The van der Waals surface area contributed by atoms with Crippen molar-refractivity contribution in [2.24, 2.45) is 0 Å². The van der Waals surface area contributed by atoms with E-state index in [2.05, 4.69) is 16.0 Å². The van der Waals surface area contributed by atoms with Crippen LogP contribution in [0.2, 0.25) is 0 Å². The van der Waals surface area contributed by atoms with Crippen LogP contribution in [0, 0.1) is 6.92 Å². The third-order valence-electron chi connectivity index (χ3n) is 3.32. The highest BCUT2D eigenvalue weighted by atomic mass is 16.3. The average molecular weight is 220 g/mol. The Bertz CT molecular complexity index is 334. The van der Waals surface area contributed by atoms with Gasteiger partial charge in [0.2, 0.25) is 0 Å². The first-order valence-electron chi connectivity index (χ1n) is 6.11. The molecule has 0 aromatic carbocycles. The summed E-state index contributed by atoms with van der Waals surface area (Å²) in [5.74, 6) is 0. The van der Waals surface area contributed by atoms with E-state index in [1.54, 1.807) is 0 Å². The molecular formula is C13H20N2O. The maximum Gasteiger partial charge on any atom is 0.0606 e. The number of hydrogen-bond donors (Lipinski definition) is 1. The number of pyridine rings is 1. The highest BCUT2D eigenvalue weighted by molar-refractivity contribution is 5.47. The van der Waals surface area contributed by atoms with Crippen LogP contribution in [0.25, 0.3) is 0 Å². The third-order valence-corrected chi connectivity index (χ3v) is 3.32. The van der Waals surface area contributed by atoms with Crippen LogP contribution in [0.5, 0.6) is 0 Å². The Hall–Kier alpha value is -1.09. The summed E-state index contributed by atoms with van der Waals surface area (Å²) in [6.45, 7) is 2.96. The summed E-state index contributed by atoms with van der Waals surface area (Å²) in [6, 6.07) is 4.75. The number of aromatic nitrogens is 1. The zero-order valence-corrected chi connectivity index (χ0v) is 9.89. The van der Waals surface area contributed by atoms with Crippen molar-refractivity contribution >= 4 is 5.69 Å². The molecule has 1 saturated carbocycles. The van der Waals surface area contributed by atoms with Crippen LogP contribution in [0.4, 0.5) is 5.69 Å². The Kier molecular flexibility index (Phi) is 3.78. The molecule has 1 aromatic heterocycles. The first-order valence-corrected chi connectivity index (χ1v) is 6.11. The van der Waals surface area contributed by atoms with Crippen LogP contribution < -0.4 is 4.90 Å². The van der Waals surface area contributed by atoms with Gasteiger partial charge in [-0.3, -0.25) is 4.98 Å². The molecular weight excluding hydrogens is 200 g/mol.